The van der Waals surface area contributed by atoms with Crippen molar-refractivity contribution in [3.63, 3.8) is 0 Å². The molecule has 0 saturated heterocycles. The second-order valence-electron chi connectivity index (χ2n) is 7.37. The lowest BCUT2D eigenvalue weighted by Gasteiger charge is -2.11. The smallest absolute Gasteiger partial charge is 0.258 e. The van der Waals surface area contributed by atoms with Crippen LogP contribution in [0.15, 0.2) is 85.1 Å². The third-order valence-electron chi connectivity index (χ3n) is 5.01. The standard InChI is InChI=1S/C26H25N3O3/c1-19-13-14-23(24(15-19)31-2)32-18-25(30)27-16-21-17-29(22-11-7-4-8-12-22)28-26(21)20-9-5-3-6-10-20/h3-15,17H,16,18H2,1-2H3,(H,27,30). The van der Waals surface area contributed by atoms with Crippen LogP contribution in [0.5, 0.6) is 11.5 Å². The number of carbonyl (C=O) groups excluding carboxylic acids is 1. The summed E-state index contributed by atoms with van der Waals surface area (Å²) in [5.74, 6) is 0.919. The van der Waals surface area contributed by atoms with Gasteiger partial charge < -0.3 is 14.8 Å². The number of rotatable bonds is 8. The van der Waals surface area contributed by atoms with Crippen LogP contribution in [0.25, 0.3) is 16.9 Å². The fourth-order valence-electron chi connectivity index (χ4n) is 3.37. The van der Waals surface area contributed by atoms with Crippen LogP contribution < -0.4 is 14.8 Å². The van der Waals surface area contributed by atoms with Gasteiger partial charge in [-0.3, -0.25) is 4.79 Å². The summed E-state index contributed by atoms with van der Waals surface area (Å²) in [5.41, 5.74) is 4.75. The topological polar surface area (TPSA) is 65.4 Å². The first-order valence-electron chi connectivity index (χ1n) is 10.4. The van der Waals surface area contributed by atoms with E-state index >= 15 is 0 Å². The number of hydrogen-bond donors (Lipinski definition) is 1. The number of aromatic nitrogens is 2. The molecule has 6 nitrogen and oxygen atoms in total. The average molecular weight is 428 g/mol. The van der Waals surface area contributed by atoms with Crippen molar-refractivity contribution in [3.05, 3.63) is 96.2 Å². The van der Waals surface area contributed by atoms with Crippen molar-refractivity contribution in [1.82, 2.24) is 15.1 Å². The van der Waals surface area contributed by atoms with E-state index in [0.717, 1.165) is 28.1 Å². The number of benzene rings is 3. The fraction of sp³-hybridized carbons (Fsp3) is 0.154. The van der Waals surface area contributed by atoms with E-state index < -0.39 is 0 Å². The highest BCUT2D eigenvalue weighted by Crippen LogP contribution is 2.27. The second kappa shape index (κ2) is 9.83. The summed E-state index contributed by atoms with van der Waals surface area (Å²) < 4.78 is 12.8. The molecule has 1 heterocycles. The van der Waals surface area contributed by atoms with Gasteiger partial charge in [0.25, 0.3) is 5.91 Å². The van der Waals surface area contributed by atoms with Gasteiger partial charge in [-0.15, -0.1) is 0 Å². The molecule has 1 aromatic heterocycles. The van der Waals surface area contributed by atoms with Crippen molar-refractivity contribution in [3.8, 4) is 28.4 Å². The molecule has 0 aliphatic rings. The number of amides is 1. The molecule has 4 rings (SSSR count). The number of para-hydroxylation sites is 1. The van der Waals surface area contributed by atoms with Gasteiger partial charge in [-0.05, 0) is 36.8 Å². The van der Waals surface area contributed by atoms with E-state index in [1.54, 1.807) is 13.2 Å². The molecule has 0 aliphatic heterocycles. The zero-order valence-corrected chi connectivity index (χ0v) is 18.1. The first-order valence-corrected chi connectivity index (χ1v) is 10.4. The van der Waals surface area contributed by atoms with E-state index in [9.17, 15) is 4.79 Å². The summed E-state index contributed by atoms with van der Waals surface area (Å²) in [5, 5.41) is 7.71. The number of aryl methyl sites for hydroxylation is 1. The molecule has 1 amide bonds. The van der Waals surface area contributed by atoms with Crippen LogP contribution in [0.1, 0.15) is 11.1 Å². The molecule has 0 bridgehead atoms. The van der Waals surface area contributed by atoms with Gasteiger partial charge in [0.1, 0.15) is 0 Å². The lowest BCUT2D eigenvalue weighted by Crippen LogP contribution is -2.28. The van der Waals surface area contributed by atoms with E-state index in [4.69, 9.17) is 14.6 Å². The van der Waals surface area contributed by atoms with E-state index in [1.807, 2.05) is 90.6 Å². The van der Waals surface area contributed by atoms with E-state index in [0.29, 0.717) is 18.0 Å². The van der Waals surface area contributed by atoms with Crippen molar-refractivity contribution >= 4 is 5.91 Å². The highest BCUT2D eigenvalue weighted by atomic mass is 16.5. The molecule has 6 heteroatoms. The Morgan fingerprint density at radius 3 is 2.41 bits per heavy atom. The molecular weight excluding hydrogens is 402 g/mol. The molecule has 0 atom stereocenters. The zero-order chi connectivity index (χ0) is 22.3. The Kier molecular flexibility index (Phi) is 6.51. The molecule has 0 saturated carbocycles. The Labute approximate surface area is 187 Å². The monoisotopic (exact) mass is 427 g/mol. The van der Waals surface area contributed by atoms with Crippen LogP contribution in [0.4, 0.5) is 0 Å². The molecule has 0 unspecified atom stereocenters. The molecule has 162 valence electrons. The number of hydrogen-bond acceptors (Lipinski definition) is 4. The summed E-state index contributed by atoms with van der Waals surface area (Å²) >= 11 is 0. The maximum absolute atomic E-state index is 12.5. The molecule has 3 aromatic carbocycles. The number of nitrogens with zero attached hydrogens (tertiary/aromatic N) is 2. The third kappa shape index (κ3) is 4.98. The van der Waals surface area contributed by atoms with E-state index in [-0.39, 0.29) is 12.5 Å². The van der Waals surface area contributed by atoms with E-state index in [2.05, 4.69) is 5.32 Å². The average Bonchev–Trinajstić information content (AvgIpc) is 3.27. The van der Waals surface area contributed by atoms with Gasteiger partial charge in [0, 0.05) is 23.9 Å². The van der Waals surface area contributed by atoms with Crippen LogP contribution in [-0.4, -0.2) is 29.4 Å². The number of nitrogens with one attached hydrogen (secondary N) is 1. The lowest BCUT2D eigenvalue weighted by molar-refractivity contribution is -0.123. The molecule has 0 fully saturated rings. The minimum atomic E-state index is -0.223. The molecule has 32 heavy (non-hydrogen) atoms. The summed E-state index contributed by atoms with van der Waals surface area (Å²) in [6, 6.07) is 25.4. The van der Waals surface area contributed by atoms with Crippen LogP contribution in [0.3, 0.4) is 0 Å². The summed E-state index contributed by atoms with van der Waals surface area (Å²) in [6.45, 7) is 2.20. The van der Waals surface area contributed by atoms with Gasteiger partial charge in [-0.1, -0.05) is 54.6 Å². The molecule has 0 spiro atoms. The van der Waals surface area contributed by atoms with Crippen LogP contribution >= 0.6 is 0 Å². The Bertz CT molecular complexity index is 1190. The second-order valence-corrected chi connectivity index (χ2v) is 7.37. The SMILES string of the molecule is COc1cc(C)ccc1OCC(=O)NCc1cn(-c2ccccc2)nc1-c1ccccc1. The molecule has 0 aliphatic carbocycles. The number of carbonyl (C=O) groups is 1. The largest absolute Gasteiger partial charge is 0.493 e. The van der Waals surface area contributed by atoms with Crippen LogP contribution in [-0.2, 0) is 11.3 Å². The van der Waals surface area contributed by atoms with Crippen molar-refractivity contribution < 1.29 is 14.3 Å². The Morgan fingerprint density at radius 1 is 0.969 bits per heavy atom. The summed E-state index contributed by atoms with van der Waals surface area (Å²) in [7, 11) is 1.58. The first kappa shape index (κ1) is 21.2. The highest BCUT2D eigenvalue weighted by molar-refractivity contribution is 5.78. The Morgan fingerprint density at radius 2 is 1.69 bits per heavy atom. The first-order chi connectivity index (χ1) is 15.6. The molecular formula is C26H25N3O3. The Hall–Kier alpha value is -4.06. The zero-order valence-electron chi connectivity index (χ0n) is 18.1. The normalized spacial score (nSPS) is 10.6. The van der Waals surface area contributed by atoms with Crippen molar-refractivity contribution in [1.29, 1.82) is 0 Å². The van der Waals surface area contributed by atoms with Crippen LogP contribution in [0, 0.1) is 6.92 Å². The maximum Gasteiger partial charge on any atom is 0.258 e. The Balaban J connectivity index is 1.47. The van der Waals surface area contributed by atoms with Gasteiger partial charge in [-0.2, -0.15) is 5.10 Å². The fourth-order valence-corrected chi connectivity index (χ4v) is 3.37. The van der Waals surface area contributed by atoms with Crippen molar-refractivity contribution in [2.45, 2.75) is 13.5 Å². The molecule has 0 radical (unpaired) electrons. The summed E-state index contributed by atoms with van der Waals surface area (Å²) in [6.07, 6.45) is 1.95. The van der Waals surface area contributed by atoms with Gasteiger partial charge in [-0.25, -0.2) is 4.68 Å². The third-order valence-corrected chi connectivity index (χ3v) is 5.01. The quantitative estimate of drug-likeness (QED) is 0.448. The maximum atomic E-state index is 12.5. The van der Waals surface area contributed by atoms with E-state index in [1.165, 1.54) is 0 Å². The van der Waals surface area contributed by atoms with Gasteiger partial charge in [0.05, 0.1) is 18.5 Å². The number of methoxy groups -OCH3 is 1. The lowest BCUT2D eigenvalue weighted by atomic mass is 10.1. The molecule has 4 aromatic rings. The van der Waals surface area contributed by atoms with Gasteiger partial charge >= 0.3 is 0 Å². The minimum absolute atomic E-state index is 0.104. The highest BCUT2D eigenvalue weighted by Gasteiger charge is 2.14. The predicted octanol–water partition coefficient (Wildman–Crippen LogP) is 4.55. The molecule has 1 N–H and O–H groups in total. The van der Waals surface area contributed by atoms with Crippen molar-refractivity contribution in [2.75, 3.05) is 13.7 Å². The van der Waals surface area contributed by atoms with Crippen molar-refractivity contribution in [2.24, 2.45) is 0 Å². The predicted molar refractivity (Wildman–Crippen MR) is 124 cm³/mol. The van der Waals surface area contributed by atoms with Crippen LogP contribution in [0.2, 0.25) is 0 Å². The van der Waals surface area contributed by atoms with Gasteiger partial charge in [0.15, 0.2) is 18.1 Å². The minimum Gasteiger partial charge on any atom is -0.493 e. The van der Waals surface area contributed by atoms with Gasteiger partial charge in [0.2, 0.25) is 0 Å². The summed E-state index contributed by atoms with van der Waals surface area (Å²) in [4.78, 5) is 12.5. The number of ether oxygens (including phenoxy) is 2.